The number of hydrazone groups is 1. The van der Waals surface area contributed by atoms with Crippen LogP contribution in [0.15, 0.2) is 77.9 Å². The van der Waals surface area contributed by atoms with Crippen molar-refractivity contribution >= 4 is 28.7 Å². The fraction of sp³-hybridized carbons (Fsp3) is 0.154. The largest absolute Gasteiger partial charge is 0.383 e. The van der Waals surface area contributed by atoms with E-state index in [1.165, 1.54) is 5.56 Å². The van der Waals surface area contributed by atoms with E-state index in [1.54, 1.807) is 6.21 Å². The summed E-state index contributed by atoms with van der Waals surface area (Å²) in [6.07, 6.45) is 3.53. The minimum atomic E-state index is -0.222. The predicted octanol–water partition coefficient (Wildman–Crippen LogP) is 4.28. The van der Waals surface area contributed by atoms with Crippen LogP contribution in [0.4, 0.5) is 5.69 Å². The fourth-order valence-electron chi connectivity index (χ4n) is 4.16. The molecule has 0 spiro atoms. The minimum Gasteiger partial charge on any atom is -0.383 e. The number of amides is 1. The second-order valence-corrected chi connectivity index (χ2v) is 8.09. The van der Waals surface area contributed by atoms with Crippen LogP contribution in [0.5, 0.6) is 0 Å². The molecule has 5 rings (SSSR count). The molecule has 0 radical (unpaired) electrons. The molecular weight excluding hydrogens is 398 g/mol. The average Bonchev–Trinajstić information content (AvgIpc) is 3.11. The molecule has 3 aromatic carbocycles. The molecule has 4 aromatic rings. The zero-order chi connectivity index (χ0) is 21.9. The molecule has 0 unspecified atom stereocenters. The van der Waals surface area contributed by atoms with Gasteiger partial charge in [0.25, 0.3) is 5.91 Å². The van der Waals surface area contributed by atoms with Crippen molar-refractivity contribution in [1.29, 1.82) is 0 Å². The summed E-state index contributed by atoms with van der Waals surface area (Å²) in [6, 6.07) is 24.3. The van der Waals surface area contributed by atoms with Crippen LogP contribution < -0.4 is 16.5 Å². The number of hydrogen-bond donors (Lipinski definition) is 4. The number of H-pyrrole nitrogens is 1. The average molecular weight is 424 g/mol. The normalized spacial score (nSPS) is 13.6. The molecule has 160 valence electrons. The number of carbonyl (C=O) groups excluding carboxylic acids is 1. The Balaban J connectivity index is 1.40. The minimum absolute atomic E-state index is 0.00118. The Hall–Kier alpha value is -3.90. The number of aryl methyl sites for hydroxylation is 1. The first kappa shape index (κ1) is 20.0. The molecule has 6 nitrogen and oxygen atoms in total. The molecule has 6 heteroatoms. The Kier molecular flexibility index (Phi) is 5.44. The SMILES string of the molecule is N[C@@H](CCc1ccccc1)CNc1cc2c3c(c(-c4ccccc4)[nH]c3c1)C=NNC2=O. The number of aromatic amines is 1. The number of nitrogens with zero attached hydrogens (tertiary/aromatic N) is 1. The van der Waals surface area contributed by atoms with Gasteiger partial charge < -0.3 is 16.0 Å². The molecule has 1 aliphatic rings. The van der Waals surface area contributed by atoms with Crippen molar-refractivity contribution in [2.45, 2.75) is 18.9 Å². The predicted molar refractivity (Wildman–Crippen MR) is 130 cm³/mol. The molecule has 0 aliphatic carbocycles. The molecule has 1 aromatic heterocycles. The first-order valence-electron chi connectivity index (χ1n) is 10.8. The van der Waals surface area contributed by atoms with Gasteiger partial charge in [-0.25, -0.2) is 5.43 Å². The third-order valence-electron chi connectivity index (χ3n) is 5.82. The molecule has 32 heavy (non-hydrogen) atoms. The first-order valence-corrected chi connectivity index (χ1v) is 10.8. The molecule has 0 fully saturated rings. The van der Waals surface area contributed by atoms with Crippen molar-refractivity contribution in [1.82, 2.24) is 10.4 Å². The number of anilines is 1. The lowest BCUT2D eigenvalue weighted by molar-refractivity contribution is 0.0957. The van der Waals surface area contributed by atoms with Crippen molar-refractivity contribution in [3.8, 4) is 11.3 Å². The summed E-state index contributed by atoms with van der Waals surface area (Å²) in [5, 5.41) is 8.41. The molecule has 0 saturated carbocycles. The van der Waals surface area contributed by atoms with Crippen molar-refractivity contribution < 1.29 is 4.79 Å². The maximum Gasteiger partial charge on any atom is 0.272 e. The van der Waals surface area contributed by atoms with Crippen LogP contribution in [0, 0.1) is 0 Å². The summed E-state index contributed by atoms with van der Waals surface area (Å²) in [5.74, 6) is -0.222. The lowest BCUT2D eigenvalue weighted by Crippen LogP contribution is -2.29. The summed E-state index contributed by atoms with van der Waals surface area (Å²) in [7, 11) is 0. The Morgan fingerprint density at radius 2 is 1.75 bits per heavy atom. The van der Waals surface area contributed by atoms with E-state index in [-0.39, 0.29) is 11.9 Å². The van der Waals surface area contributed by atoms with Crippen LogP contribution in [0.25, 0.3) is 22.2 Å². The van der Waals surface area contributed by atoms with Crippen LogP contribution >= 0.6 is 0 Å². The van der Waals surface area contributed by atoms with Gasteiger partial charge in [0.2, 0.25) is 0 Å². The van der Waals surface area contributed by atoms with Gasteiger partial charge in [-0.1, -0.05) is 60.7 Å². The highest BCUT2D eigenvalue weighted by molar-refractivity contribution is 6.17. The molecule has 0 bridgehead atoms. The topological polar surface area (TPSA) is 95.3 Å². The van der Waals surface area contributed by atoms with E-state index in [0.29, 0.717) is 12.1 Å². The summed E-state index contributed by atoms with van der Waals surface area (Å²) in [6.45, 7) is 0.620. The van der Waals surface area contributed by atoms with Gasteiger partial charge in [0.15, 0.2) is 0 Å². The number of nitrogens with two attached hydrogens (primary N) is 1. The number of nitrogens with one attached hydrogen (secondary N) is 3. The van der Waals surface area contributed by atoms with Gasteiger partial charge >= 0.3 is 0 Å². The van der Waals surface area contributed by atoms with Crippen LogP contribution in [0.1, 0.15) is 27.9 Å². The van der Waals surface area contributed by atoms with E-state index < -0.39 is 0 Å². The first-order chi connectivity index (χ1) is 15.7. The number of benzene rings is 3. The number of aromatic nitrogens is 1. The van der Waals surface area contributed by atoms with E-state index in [1.807, 2.05) is 60.7 Å². The van der Waals surface area contributed by atoms with Crippen LogP contribution in [0.2, 0.25) is 0 Å². The third-order valence-corrected chi connectivity index (χ3v) is 5.82. The maximum absolute atomic E-state index is 12.7. The van der Waals surface area contributed by atoms with Gasteiger partial charge in [-0.3, -0.25) is 4.79 Å². The van der Waals surface area contributed by atoms with Gasteiger partial charge in [0.05, 0.1) is 17.5 Å². The second kappa shape index (κ2) is 8.69. The van der Waals surface area contributed by atoms with E-state index in [2.05, 4.69) is 33.0 Å². The van der Waals surface area contributed by atoms with Gasteiger partial charge in [0, 0.05) is 34.7 Å². The maximum atomic E-state index is 12.7. The van der Waals surface area contributed by atoms with Crippen LogP contribution in [-0.2, 0) is 6.42 Å². The smallest absolute Gasteiger partial charge is 0.272 e. The summed E-state index contributed by atoms with van der Waals surface area (Å²) >= 11 is 0. The Bertz CT molecular complexity index is 1280. The molecule has 5 N–H and O–H groups in total. The summed E-state index contributed by atoms with van der Waals surface area (Å²) in [4.78, 5) is 16.2. The van der Waals surface area contributed by atoms with E-state index in [9.17, 15) is 4.79 Å². The van der Waals surface area contributed by atoms with Crippen molar-refractivity contribution in [2.75, 3.05) is 11.9 Å². The Labute approximate surface area is 186 Å². The van der Waals surface area contributed by atoms with E-state index in [4.69, 9.17) is 5.73 Å². The van der Waals surface area contributed by atoms with Gasteiger partial charge in [0.1, 0.15) is 0 Å². The van der Waals surface area contributed by atoms with Crippen LogP contribution in [0.3, 0.4) is 0 Å². The van der Waals surface area contributed by atoms with Gasteiger partial charge in [-0.15, -0.1) is 0 Å². The molecule has 1 atom stereocenters. The van der Waals surface area contributed by atoms with E-state index in [0.717, 1.165) is 46.3 Å². The zero-order valence-corrected chi connectivity index (χ0v) is 17.6. The van der Waals surface area contributed by atoms with E-state index >= 15 is 0 Å². The molecule has 2 heterocycles. The van der Waals surface area contributed by atoms with Gasteiger partial charge in [-0.05, 0) is 36.1 Å². The molecule has 0 saturated heterocycles. The number of hydrogen-bond acceptors (Lipinski definition) is 4. The second-order valence-electron chi connectivity index (χ2n) is 8.09. The third kappa shape index (κ3) is 4.00. The highest BCUT2D eigenvalue weighted by Gasteiger charge is 2.22. The lowest BCUT2D eigenvalue weighted by Gasteiger charge is -2.15. The Morgan fingerprint density at radius 3 is 2.53 bits per heavy atom. The monoisotopic (exact) mass is 423 g/mol. The highest BCUT2D eigenvalue weighted by Crippen LogP contribution is 2.34. The molecule has 1 aliphatic heterocycles. The molecule has 1 amide bonds. The fourth-order valence-corrected chi connectivity index (χ4v) is 4.16. The standard InChI is InChI=1S/C26H25N5O/c27-19(12-11-17-7-3-1-4-8-17)15-28-20-13-21-24-22(16-29-31-26(21)32)25(30-23(24)14-20)18-9-5-2-6-10-18/h1-10,13-14,16,19,28,30H,11-12,15,27H2,(H,31,32)/t19-/m0/s1. The molecular formula is C26H25N5O. The quantitative estimate of drug-likeness (QED) is 0.357. The summed E-state index contributed by atoms with van der Waals surface area (Å²) in [5.41, 5.74) is 15.5. The number of carbonyl (C=O) groups is 1. The van der Waals surface area contributed by atoms with Crippen molar-refractivity contribution in [3.63, 3.8) is 0 Å². The number of rotatable bonds is 7. The van der Waals surface area contributed by atoms with Crippen molar-refractivity contribution in [2.24, 2.45) is 10.8 Å². The Morgan fingerprint density at radius 1 is 1.00 bits per heavy atom. The zero-order valence-electron chi connectivity index (χ0n) is 17.6. The lowest BCUT2D eigenvalue weighted by atomic mass is 10.0. The van der Waals surface area contributed by atoms with Crippen molar-refractivity contribution in [3.05, 3.63) is 89.5 Å². The highest BCUT2D eigenvalue weighted by atomic mass is 16.2. The van der Waals surface area contributed by atoms with Crippen LogP contribution in [-0.4, -0.2) is 29.7 Å². The van der Waals surface area contributed by atoms with Gasteiger partial charge in [-0.2, -0.15) is 5.10 Å². The summed E-state index contributed by atoms with van der Waals surface area (Å²) < 4.78 is 0.